The number of hydrogen-bond donors (Lipinski definition) is 2. The van der Waals surface area contributed by atoms with E-state index in [2.05, 4.69) is 5.32 Å². The number of halogens is 1. The van der Waals surface area contributed by atoms with Gasteiger partial charge < -0.3 is 10.4 Å². The molecule has 1 amide bonds. The first kappa shape index (κ1) is 17.2. The lowest BCUT2D eigenvalue weighted by Crippen LogP contribution is -2.27. The zero-order chi connectivity index (χ0) is 13.9. The molecular formula is C12H18ClNO2S3. The Hall–Kier alpha value is 0.120. The van der Waals surface area contributed by atoms with Gasteiger partial charge in [-0.25, -0.2) is 0 Å². The summed E-state index contributed by atoms with van der Waals surface area (Å²) in [6.45, 7) is 0.934. The minimum absolute atomic E-state index is 0.0791. The number of rotatable bonds is 10. The smallest absolute Gasteiger partial charge is 0.230 e. The highest BCUT2D eigenvalue weighted by molar-refractivity contribution is 7.99. The Labute approximate surface area is 131 Å². The van der Waals surface area contributed by atoms with E-state index < -0.39 is 0 Å². The van der Waals surface area contributed by atoms with Gasteiger partial charge in [0, 0.05) is 29.5 Å². The van der Waals surface area contributed by atoms with Crippen molar-refractivity contribution in [2.75, 3.05) is 30.4 Å². The quantitative estimate of drug-likeness (QED) is 0.643. The van der Waals surface area contributed by atoms with Crippen LogP contribution < -0.4 is 5.32 Å². The molecule has 0 fully saturated rings. The molecule has 0 aliphatic heterocycles. The van der Waals surface area contributed by atoms with Crippen molar-refractivity contribution in [3.63, 3.8) is 0 Å². The molecule has 19 heavy (non-hydrogen) atoms. The summed E-state index contributed by atoms with van der Waals surface area (Å²) in [6.07, 6.45) is 0.817. The number of hydrogen-bond acceptors (Lipinski definition) is 5. The Morgan fingerprint density at radius 3 is 2.89 bits per heavy atom. The fourth-order valence-electron chi connectivity index (χ4n) is 1.26. The van der Waals surface area contributed by atoms with Gasteiger partial charge in [0.15, 0.2) is 0 Å². The van der Waals surface area contributed by atoms with Crippen LogP contribution in [-0.4, -0.2) is 41.4 Å². The van der Waals surface area contributed by atoms with Crippen LogP contribution in [0.1, 0.15) is 11.3 Å². The molecule has 1 heterocycles. The summed E-state index contributed by atoms with van der Waals surface area (Å²) in [7, 11) is 0. The van der Waals surface area contributed by atoms with Crippen molar-refractivity contribution in [3.05, 3.63) is 21.3 Å². The Balaban J connectivity index is 1.96. The lowest BCUT2D eigenvalue weighted by molar-refractivity contribution is -0.118. The minimum atomic E-state index is 0.0791. The number of carbonyl (C=O) groups is 1. The van der Waals surface area contributed by atoms with Crippen LogP contribution in [0.25, 0.3) is 0 Å². The average Bonchev–Trinajstić information content (AvgIpc) is 2.79. The van der Waals surface area contributed by atoms with E-state index in [4.69, 9.17) is 16.7 Å². The van der Waals surface area contributed by atoms with Crippen molar-refractivity contribution >= 4 is 52.4 Å². The largest absolute Gasteiger partial charge is 0.396 e. The normalized spacial score (nSPS) is 10.6. The SMILES string of the molecule is O=C(CSCc1ccc(Cl)s1)NCCSCCCO. The van der Waals surface area contributed by atoms with Crippen LogP contribution in [0.5, 0.6) is 0 Å². The Kier molecular flexibility index (Phi) is 9.81. The van der Waals surface area contributed by atoms with Crippen LogP contribution in [0.15, 0.2) is 12.1 Å². The molecule has 0 radical (unpaired) electrons. The highest BCUT2D eigenvalue weighted by Gasteiger charge is 2.03. The molecule has 3 nitrogen and oxygen atoms in total. The van der Waals surface area contributed by atoms with Gasteiger partial charge in [-0.15, -0.1) is 23.1 Å². The van der Waals surface area contributed by atoms with Gasteiger partial charge in [0.25, 0.3) is 0 Å². The first-order valence-electron chi connectivity index (χ1n) is 5.99. The van der Waals surface area contributed by atoms with Crippen molar-refractivity contribution in [2.24, 2.45) is 0 Å². The molecule has 0 unspecified atom stereocenters. The Morgan fingerprint density at radius 2 is 2.21 bits per heavy atom. The lowest BCUT2D eigenvalue weighted by Gasteiger charge is -2.04. The van der Waals surface area contributed by atoms with E-state index in [0.717, 1.165) is 28.0 Å². The van der Waals surface area contributed by atoms with Crippen molar-refractivity contribution in [1.82, 2.24) is 5.32 Å². The molecule has 0 spiro atoms. The second-order valence-electron chi connectivity index (χ2n) is 3.74. The molecule has 0 aliphatic carbocycles. The molecule has 0 bridgehead atoms. The fraction of sp³-hybridized carbons (Fsp3) is 0.583. The summed E-state index contributed by atoms with van der Waals surface area (Å²) >= 11 is 10.7. The number of carbonyl (C=O) groups excluding carboxylic acids is 1. The van der Waals surface area contributed by atoms with Gasteiger partial charge in [0.05, 0.1) is 10.1 Å². The van der Waals surface area contributed by atoms with Crippen LogP contribution in [0.4, 0.5) is 0 Å². The summed E-state index contributed by atoms with van der Waals surface area (Å²) in [5.74, 6) is 3.24. The van der Waals surface area contributed by atoms with Crippen LogP contribution >= 0.6 is 46.5 Å². The molecule has 0 atom stereocenters. The van der Waals surface area contributed by atoms with E-state index >= 15 is 0 Å². The monoisotopic (exact) mass is 339 g/mol. The van der Waals surface area contributed by atoms with Crippen LogP contribution in [0, 0.1) is 0 Å². The van der Waals surface area contributed by atoms with Gasteiger partial charge in [-0.05, 0) is 24.3 Å². The summed E-state index contributed by atoms with van der Waals surface area (Å²) in [5, 5.41) is 11.5. The lowest BCUT2D eigenvalue weighted by atomic mass is 10.5. The van der Waals surface area contributed by atoms with E-state index in [1.165, 1.54) is 4.88 Å². The molecule has 1 rings (SSSR count). The van der Waals surface area contributed by atoms with Gasteiger partial charge in [0.1, 0.15) is 0 Å². The number of aliphatic hydroxyl groups excluding tert-OH is 1. The van der Waals surface area contributed by atoms with Crippen molar-refractivity contribution < 1.29 is 9.90 Å². The maximum absolute atomic E-state index is 11.5. The molecule has 1 aromatic rings. The summed E-state index contributed by atoms with van der Waals surface area (Å²) in [6, 6.07) is 3.88. The van der Waals surface area contributed by atoms with Crippen molar-refractivity contribution in [3.8, 4) is 0 Å². The molecule has 108 valence electrons. The highest BCUT2D eigenvalue weighted by Crippen LogP contribution is 2.24. The standard InChI is InChI=1S/C12H18ClNO2S3/c13-11-3-2-10(19-11)8-18-9-12(16)14-4-7-17-6-1-5-15/h2-3,15H,1,4-9H2,(H,14,16). The van der Waals surface area contributed by atoms with Crippen LogP contribution in [0.2, 0.25) is 4.34 Å². The first-order valence-corrected chi connectivity index (χ1v) is 9.50. The Morgan fingerprint density at radius 1 is 1.37 bits per heavy atom. The van der Waals surface area contributed by atoms with Crippen molar-refractivity contribution in [1.29, 1.82) is 0 Å². The van der Waals surface area contributed by atoms with Gasteiger partial charge >= 0.3 is 0 Å². The summed E-state index contributed by atoms with van der Waals surface area (Å²) in [4.78, 5) is 12.7. The van der Waals surface area contributed by atoms with E-state index in [-0.39, 0.29) is 12.5 Å². The molecule has 2 N–H and O–H groups in total. The van der Waals surface area contributed by atoms with Crippen LogP contribution in [-0.2, 0) is 10.5 Å². The third-order valence-electron chi connectivity index (χ3n) is 2.12. The molecule has 0 aliphatic rings. The summed E-state index contributed by atoms with van der Waals surface area (Å²) in [5.41, 5.74) is 0. The zero-order valence-corrected chi connectivity index (χ0v) is 13.8. The van der Waals surface area contributed by atoms with Gasteiger partial charge in [-0.3, -0.25) is 4.79 Å². The zero-order valence-electron chi connectivity index (χ0n) is 10.6. The van der Waals surface area contributed by atoms with Gasteiger partial charge in [0.2, 0.25) is 5.91 Å². The number of thiophene rings is 1. The molecule has 7 heteroatoms. The number of thioether (sulfide) groups is 2. The number of nitrogens with one attached hydrogen (secondary N) is 1. The fourth-order valence-corrected chi connectivity index (χ4v) is 4.10. The Bertz CT molecular complexity index is 374. The first-order chi connectivity index (χ1) is 9.22. The molecule has 1 aromatic heterocycles. The molecule has 0 aromatic carbocycles. The van der Waals surface area contributed by atoms with E-state index in [9.17, 15) is 4.79 Å². The van der Waals surface area contributed by atoms with E-state index in [1.54, 1.807) is 34.9 Å². The van der Waals surface area contributed by atoms with E-state index in [0.29, 0.717) is 12.3 Å². The van der Waals surface area contributed by atoms with Crippen molar-refractivity contribution in [2.45, 2.75) is 12.2 Å². The van der Waals surface area contributed by atoms with E-state index in [1.807, 2.05) is 12.1 Å². The topological polar surface area (TPSA) is 49.3 Å². The van der Waals surface area contributed by atoms with Crippen LogP contribution in [0.3, 0.4) is 0 Å². The maximum atomic E-state index is 11.5. The predicted molar refractivity (Wildman–Crippen MR) is 87.5 cm³/mol. The summed E-state index contributed by atoms with van der Waals surface area (Å²) < 4.78 is 0.792. The third kappa shape index (κ3) is 8.81. The molecule has 0 saturated carbocycles. The van der Waals surface area contributed by atoms with Gasteiger partial charge in [-0.2, -0.15) is 11.8 Å². The predicted octanol–water partition coefficient (Wildman–Crippen LogP) is 2.87. The minimum Gasteiger partial charge on any atom is -0.396 e. The second kappa shape index (κ2) is 10.9. The van der Waals surface area contributed by atoms with Gasteiger partial charge in [-0.1, -0.05) is 11.6 Å². The molecular weight excluding hydrogens is 322 g/mol. The highest BCUT2D eigenvalue weighted by atomic mass is 35.5. The third-order valence-corrected chi connectivity index (χ3v) is 5.59. The second-order valence-corrected chi connectivity index (χ2v) is 7.75. The average molecular weight is 340 g/mol. The maximum Gasteiger partial charge on any atom is 0.230 e. The number of aliphatic hydroxyl groups is 1. The molecule has 0 saturated heterocycles. The number of amides is 1.